The van der Waals surface area contributed by atoms with E-state index in [0.29, 0.717) is 0 Å². The lowest BCUT2D eigenvalue weighted by atomic mass is 10.3. The maximum Gasteiger partial charge on any atom is 0.0794 e. The van der Waals surface area contributed by atoms with Gasteiger partial charge in [0.2, 0.25) is 0 Å². The third kappa shape index (κ3) is 2.40. The van der Waals surface area contributed by atoms with Crippen molar-refractivity contribution in [2.45, 2.75) is 13.1 Å². The molecular weight excluding hydrogens is 182 g/mol. The molecule has 3 nitrogen and oxygen atoms in total. The minimum atomic E-state index is 0.899. The van der Waals surface area contributed by atoms with E-state index in [1.807, 2.05) is 24.1 Å². The molecule has 0 saturated heterocycles. The first-order valence-electron chi connectivity index (χ1n) is 4.15. The fourth-order valence-electron chi connectivity index (χ4n) is 1.13. The molecule has 2 rings (SSSR count). The molecule has 0 amide bonds. The molecule has 13 heavy (non-hydrogen) atoms. The van der Waals surface area contributed by atoms with Gasteiger partial charge in [-0.15, -0.1) is 11.3 Å². The van der Waals surface area contributed by atoms with E-state index in [2.05, 4.69) is 21.4 Å². The van der Waals surface area contributed by atoms with Crippen molar-refractivity contribution < 1.29 is 0 Å². The molecule has 0 aliphatic rings. The summed E-state index contributed by atoms with van der Waals surface area (Å²) in [7, 11) is 0. The van der Waals surface area contributed by atoms with Gasteiger partial charge in [0, 0.05) is 36.6 Å². The van der Waals surface area contributed by atoms with Gasteiger partial charge in [-0.2, -0.15) is 0 Å². The molecule has 68 valence electrons. The maximum absolute atomic E-state index is 4.01. The van der Waals surface area contributed by atoms with Crippen molar-refractivity contribution in [3.63, 3.8) is 0 Å². The zero-order chi connectivity index (χ0) is 8.93. The zero-order valence-electron chi connectivity index (χ0n) is 7.16. The number of H-pyrrole nitrogens is 1. The number of aromatic nitrogens is 2. The van der Waals surface area contributed by atoms with Crippen LogP contribution >= 0.6 is 11.3 Å². The molecule has 0 aromatic carbocycles. The number of hydrogen-bond acceptors (Lipinski definition) is 3. The number of thiazole rings is 1. The van der Waals surface area contributed by atoms with Crippen molar-refractivity contribution in [3.8, 4) is 0 Å². The Balaban J connectivity index is 1.76. The second-order valence-corrected chi connectivity index (χ2v) is 3.76. The van der Waals surface area contributed by atoms with Gasteiger partial charge in [0.05, 0.1) is 5.51 Å². The molecule has 0 spiro atoms. The Kier molecular flexibility index (Phi) is 2.74. The maximum atomic E-state index is 4.01. The summed E-state index contributed by atoms with van der Waals surface area (Å²) in [5.41, 5.74) is 3.14. The second kappa shape index (κ2) is 4.20. The van der Waals surface area contributed by atoms with Crippen LogP contribution in [-0.4, -0.2) is 9.97 Å². The summed E-state index contributed by atoms with van der Waals surface area (Å²) < 4.78 is 0. The summed E-state index contributed by atoms with van der Waals surface area (Å²) in [4.78, 5) is 8.31. The number of nitrogens with zero attached hydrogens (tertiary/aromatic N) is 1. The van der Waals surface area contributed by atoms with Gasteiger partial charge in [-0.3, -0.25) is 4.98 Å². The van der Waals surface area contributed by atoms with E-state index >= 15 is 0 Å². The van der Waals surface area contributed by atoms with Gasteiger partial charge >= 0.3 is 0 Å². The first kappa shape index (κ1) is 8.47. The third-order valence-corrected chi connectivity index (χ3v) is 2.55. The zero-order valence-corrected chi connectivity index (χ0v) is 7.97. The smallest absolute Gasteiger partial charge is 0.0794 e. The van der Waals surface area contributed by atoms with Gasteiger partial charge < -0.3 is 10.3 Å². The van der Waals surface area contributed by atoms with Gasteiger partial charge in [-0.25, -0.2) is 0 Å². The Morgan fingerprint density at radius 3 is 3.15 bits per heavy atom. The SMILES string of the molecule is c1cc(CNCc2cncs2)c[nH]1. The van der Waals surface area contributed by atoms with E-state index in [-0.39, 0.29) is 0 Å². The largest absolute Gasteiger partial charge is 0.367 e. The molecule has 0 fully saturated rings. The van der Waals surface area contributed by atoms with Crippen molar-refractivity contribution >= 4 is 11.3 Å². The van der Waals surface area contributed by atoms with Crippen molar-refractivity contribution in [2.75, 3.05) is 0 Å². The van der Waals surface area contributed by atoms with Crippen LogP contribution in [0.4, 0.5) is 0 Å². The summed E-state index contributed by atoms with van der Waals surface area (Å²) >= 11 is 1.68. The van der Waals surface area contributed by atoms with Crippen LogP contribution in [0.3, 0.4) is 0 Å². The van der Waals surface area contributed by atoms with Gasteiger partial charge in [0.25, 0.3) is 0 Å². The van der Waals surface area contributed by atoms with Gasteiger partial charge in [0.15, 0.2) is 0 Å². The molecule has 0 atom stereocenters. The van der Waals surface area contributed by atoms with Crippen molar-refractivity contribution in [3.05, 3.63) is 40.6 Å². The fourth-order valence-corrected chi connectivity index (χ4v) is 1.69. The minimum absolute atomic E-state index is 0.899. The molecule has 2 aromatic heterocycles. The lowest BCUT2D eigenvalue weighted by molar-refractivity contribution is 0.700. The number of nitrogens with one attached hydrogen (secondary N) is 2. The predicted molar refractivity (Wildman–Crippen MR) is 53.5 cm³/mol. The highest BCUT2D eigenvalue weighted by Gasteiger charge is 1.94. The van der Waals surface area contributed by atoms with E-state index in [0.717, 1.165) is 13.1 Å². The highest BCUT2D eigenvalue weighted by molar-refractivity contribution is 7.09. The first-order valence-corrected chi connectivity index (χ1v) is 5.03. The normalized spacial score (nSPS) is 10.5. The van der Waals surface area contributed by atoms with Crippen molar-refractivity contribution in [1.82, 2.24) is 15.3 Å². The lowest BCUT2D eigenvalue weighted by Crippen LogP contribution is -2.10. The monoisotopic (exact) mass is 193 g/mol. The molecule has 0 bridgehead atoms. The summed E-state index contributed by atoms with van der Waals surface area (Å²) in [6.45, 7) is 1.80. The topological polar surface area (TPSA) is 40.7 Å². The van der Waals surface area contributed by atoms with Crippen LogP contribution in [-0.2, 0) is 13.1 Å². The van der Waals surface area contributed by atoms with Crippen LogP contribution in [0.5, 0.6) is 0 Å². The minimum Gasteiger partial charge on any atom is -0.367 e. The van der Waals surface area contributed by atoms with E-state index in [9.17, 15) is 0 Å². The van der Waals surface area contributed by atoms with Crippen LogP contribution in [0, 0.1) is 0 Å². The van der Waals surface area contributed by atoms with E-state index in [4.69, 9.17) is 0 Å². The molecule has 0 unspecified atom stereocenters. The van der Waals surface area contributed by atoms with Crippen LogP contribution < -0.4 is 5.32 Å². The predicted octanol–water partition coefficient (Wildman–Crippen LogP) is 1.76. The lowest BCUT2D eigenvalue weighted by Gasteiger charge is -1.99. The molecule has 2 heterocycles. The van der Waals surface area contributed by atoms with Crippen molar-refractivity contribution in [1.29, 1.82) is 0 Å². The molecule has 0 aliphatic heterocycles. The van der Waals surface area contributed by atoms with Gasteiger partial charge in [0.1, 0.15) is 0 Å². The molecule has 0 saturated carbocycles. The third-order valence-electron chi connectivity index (χ3n) is 1.77. The summed E-state index contributed by atoms with van der Waals surface area (Å²) in [6.07, 6.45) is 5.83. The molecule has 2 N–H and O–H groups in total. The average Bonchev–Trinajstić information content (AvgIpc) is 2.75. The molecule has 4 heteroatoms. The van der Waals surface area contributed by atoms with E-state index in [1.165, 1.54) is 10.4 Å². The summed E-state index contributed by atoms with van der Waals surface area (Å²) in [6, 6.07) is 2.07. The summed E-state index contributed by atoms with van der Waals surface area (Å²) in [5, 5.41) is 3.34. The Morgan fingerprint density at radius 2 is 2.46 bits per heavy atom. The fraction of sp³-hybridized carbons (Fsp3) is 0.222. The highest BCUT2D eigenvalue weighted by Crippen LogP contribution is 2.04. The Bertz CT molecular complexity index is 291. The van der Waals surface area contributed by atoms with Crippen molar-refractivity contribution in [2.24, 2.45) is 0 Å². The Hall–Kier alpha value is -1.13. The second-order valence-electron chi connectivity index (χ2n) is 2.79. The van der Waals surface area contributed by atoms with Crippen LogP contribution in [0.15, 0.2) is 30.2 Å². The quantitative estimate of drug-likeness (QED) is 0.776. The van der Waals surface area contributed by atoms with E-state index < -0.39 is 0 Å². The average molecular weight is 193 g/mol. The van der Waals surface area contributed by atoms with Crippen LogP contribution in [0.2, 0.25) is 0 Å². The van der Waals surface area contributed by atoms with Gasteiger partial charge in [-0.05, 0) is 11.6 Å². The van der Waals surface area contributed by atoms with E-state index in [1.54, 1.807) is 11.3 Å². The highest BCUT2D eigenvalue weighted by atomic mass is 32.1. The Labute approximate surface area is 80.8 Å². The number of aromatic amines is 1. The number of rotatable bonds is 4. The molecular formula is C9H11N3S. The molecule has 2 aromatic rings. The summed E-state index contributed by atoms with van der Waals surface area (Å²) in [5.74, 6) is 0. The molecule has 0 radical (unpaired) electrons. The molecule has 0 aliphatic carbocycles. The standard InChI is InChI=1S/C9H11N3S/c1-2-10-3-8(1)4-11-5-9-6-12-7-13-9/h1-3,6-7,10-11H,4-5H2. The van der Waals surface area contributed by atoms with Gasteiger partial charge in [-0.1, -0.05) is 0 Å². The van der Waals surface area contributed by atoms with Crippen LogP contribution in [0.25, 0.3) is 0 Å². The first-order chi connectivity index (χ1) is 6.45. The number of hydrogen-bond donors (Lipinski definition) is 2. The van der Waals surface area contributed by atoms with Crippen LogP contribution in [0.1, 0.15) is 10.4 Å². The Morgan fingerprint density at radius 1 is 1.46 bits per heavy atom.